The van der Waals surface area contributed by atoms with Crippen molar-refractivity contribution in [3.05, 3.63) is 41.7 Å². The molecule has 1 atom stereocenters. The monoisotopic (exact) mass is 219 g/mol. The Bertz CT molecular complexity index is 468. The van der Waals surface area contributed by atoms with Crippen LogP contribution in [-0.2, 0) is 0 Å². The molecule has 1 unspecified atom stereocenters. The van der Waals surface area contributed by atoms with Gasteiger partial charge in [-0.25, -0.2) is 0 Å². The van der Waals surface area contributed by atoms with Crippen molar-refractivity contribution in [3.63, 3.8) is 0 Å². The summed E-state index contributed by atoms with van der Waals surface area (Å²) < 4.78 is 5.08. The van der Waals surface area contributed by atoms with E-state index < -0.39 is 6.10 Å². The molecule has 2 aromatic rings. The minimum atomic E-state index is -0.822. The molecule has 0 amide bonds. The lowest BCUT2D eigenvalue weighted by Crippen LogP contribution is -2.04. The molecule has 1 aromatic carbocycles. The molecule has 2 rings (SSSR count). The Morgan fingerprint density at radius 2 is 2.25 bits per heavy atom. The predicted octanol–water partition coefficient (Wildman–Crippen LogP) is 1.08. The number of hydrogen-bond acceptors (Lipinski definition) is 4. The largest absolute Gasteiger partial charge is 0.497 e. The molecule has 0 aliphatic heterocycles. The molecule has 0 aliphatic carbocycles. The zero-order chi connectivity index (χ0) is 11.5. The molecule has 84 valence electrons. The van der Waals surface area contributed by atoms with Crippen molar-refractivity contribution in [2.45, 2.75) is 6.10 Å². The minimum Gasteiger partial charge on any atom is -0.497 e. The van der Waals surface area contributed by atoms with E-state index in [0.717, 1.165) is 0 Å². The van der Waals surface area contributed by atoms with Gasteiger partial charge in [0, 0.05) is 17.4 Å². The molecule has 5 nitrogen and oxygen atoms in total. The third-order valence-electron chi connectivity index (χ3n) is 2.41. The number of rotatable bonds is 3. The number of nitrogens with one attached hydrogen (secondary N) is 1. The van der Waals surface area contributed by atoms with E-state index in [9.17, 15) is 5.11 Å². The Morgan fingerprint density at radius 1 is 1.44 bits per heavy atom. The molecule has 0 fully saturated rings. The Kier molecular flexibility index (Phi) is 2.78. The number of nitrogen functional groups attached to an aromatic ring is 1. The lowest BCUT2D eigenvalue weighted by molar-refractivity contribution is 0.215. The number of H-pyrrole nitrogens is 1. The van der Waals surface area contributed by atoms with Crippen LogP contribution in [0, 0.1) is 0 Å². The lowest BCUT2D eigenvalue weighted by atomic mass is 10.0. The second kappa shape index (κ2) is 4.24. The molecule has 16 heavy (non-hydrogen) atoms. The number of methoxy groups -OCH3 is 1. The van der Waals surface area contributed by atoms with Gasteiger partial charge in [0.25, 0.3) is 0 Å². The van der Waals surface area contributed by atoms with Gasteiger partial charge in [0.2, 0.25) is 0 Å². The van der Waals surface area contributed by atoms with Gasteiger partial charge >= 0.3 is 0 Å². The van der Waals surface area contributed by atoms with Crippen molar-refractivity contribution in [1.29, 1.82) is 0 Å². The second-order valence-corrected chi connectivity index (χ2v) is 3.41. The standard InChI is InChI=1S/C11H13N3O2/c1-16-7-2-3-9(12)8(6-7)11(15)10-4-5-13-14-10/h2-6,11,15H,12H2,1H3,(H,13,14). The van der Waals surface area contributed by atoms with Gasteiger partial charge in [0.15, 0.2) is 0 Å². The van der Waals surface area contributed by atoms with Crippen molar-refractivity contribution in [1.82, 2.24) is 10.2 Å². The van der Waals surface area contributed by atoms with Crippen molar-refractivity contribution in [2.24, 2.45) is 0 Å². The third kappa shape index (κ3) is 1.85. The molecule has 0 spiro atoms. The quantitative estimate of drug-likeness (QED) is 0.674. The van der Waals surface area contributed by atoms with E-state index in [2.05, 4.69) is 10.2 Å². The number of nitrogens with zero attached hydrogens (tertiary/aromatic N) is 1. The summed E-state index contributed by atoms with van der Waals surface area (Å²) in [5, 5.41) is 16.6. The Balaban J connectivity index is 2.39. The van der Waals surface area contributed by atoms with Gasteiger partial charge in [-0.05, 0) is 24.3 Å². The van der Waals surface area contributed by atoms with E-state index in [-0.39, 0.29) is 0 Å². The summed E-state index contributed by atoms with van der Waals surface area (Å²) in [5.41, 5.74) is 7.52. The number of anilines is 1. The second-order valence-electron chi connectivity index (χ2n) is 3.41. The van der Waals surface area contributed by atoms with Crippen LogP contribution in [0.15, 0.2) is 30.5 Å². The zero-order valence-corrected chi connectivity index (χ0v) is 8.84. The number of hydrogen-bond donors (Lipinski definition) is 3. The Labute approximate surface area is 92.9 Å². The van der Waals surface area contributed by atoms with Gasteiger partial charge < -0.3 is 15.6 Å². The number of aliphatic hydroxyl groups excluding tert-OH is 1. The van der Waals surface area contributed by atoms with E-state index in [1.807, 2.05) is 0 Å². The summed E-state index contributed by atoms with van der Waals surface area (Å²) in [7, 11) is 1.57. The van der Waals surface area contributed by atoms with Crippen LogP contribution >= 0.6 is 0 Å². The minimum absolute atomic E-state index is 0.517. The Hall–Kier alpha value is -2.01. The maximum Gasteiger partial charge on any atom is 0.122 e. The number of benzene rings is 1. The molecular weight excluding hydrogens is 206 g/mol. The number of aromatic amines is 1. The molecule has 0 radical (unpaired) electrons. The molecular formula is C11H13N3O2. The van der Waals surface area contributed by atoms with Crippen LogP contribution in [0.3, 0.4) is 0 Å². The van der Waals surface area contributed by atoms with Gasteiger partial charge in [-0.1, -0.05) is 0 Å². The highest BCUT2D eigenvalue weighted by Gasteiger charge is 2.15. The summed E-state index contributed by atoms with van der Waals surface area (Å²) in [6, 6.07) is 6.86. The first-order valence-corrected chi connectivity index (χ1v) is 4.83. The summed E-state index contributed by atoms with van der Waals surface area (Å²) in [4.78, 5) is 0. The molecule has 0 saturated carbocycles. The van der Waals surface area contributed by atoms with Gasteiger partial charge in [0.05, 0.1) is 12.8 Å². The molecule has 5 heteroatoms. The summed E-state index contributed by atoms with van der Waals surface area (Å²) >= 11 is 0. The van der Waals surface area contributed by atoms with Gasteiger partial charge in [-0.15, -0.1) is 0 Å². The average Bonchev–Trinajstić information content (AvgIpc) is 2.82. The van der Waals surface area contributed by atoms with E-state index in [1.165, 1.54) is 0 Å². The van der Waals surface area contributed by atoms with Crippen molar-refractivity contribution in [3.8, 4) is 5.75 Å². The lowest BCUT2D eigenvalue weighted by Gasteiger charge is -2.13. The first-order valence-electron chi connectivity index (χ1n) is 4.83. The maximum absolute atomic E-state index is 10.1. The normalized spacial score (nSPS) is 12.4. The SMILES string of the molecule is COc1ccc(N)c(C(O)c2ccn[nH]2)c1. The molecule has 0 saturated heterocycles. The third-order valence-corrected chi connectivity index (χ3v) is 2.41. The van der Waals surface area contributed by atoms with Crippen LogP contribution < -0.4 is 10.5 Å². The van der Waals surface area contributed by atoms with E-state index in [4.69, 9.17) is 10.5 Å². The molecule has 0 bridgehead atoms. The molecule has 1 heterocycles. The number of ether oxygens (including phenoxy) is 1. The highest BCUT2D eigenvalue weighted by Crippen LogP contribution is 2.28. The first kappa shape index (κ1) is 10.5. The summed E-state index contributed by atoms with van der Waals surface area (Å²) in [6.45, 7) is 0. The smallest absolute Gasteiger partial charge is 0.122 e. The van der Waals surface area contributed by atoms with Crippen LogP contribution in [0.5, 0.6) is 5.75 Å². The maximum atomic E-state index is 10.1. The van der Waals surface area contributed by atoms with Crippen LogP contribution in [0.4, 0.5) is 5.69 Å². The highest BCUT2D eigenvalue weighted by atomic mass is 16.5. The predicted molar refractivity (Wildman–Crippen MR) is 60.1 cm³/mol. The van der Waals surface area contributed by atoms with E-state index >= 15 is 0 Å². The molecule has 1 aromatic heterocycles. The van der Waals surface area contributed by atoms with Gasteiger partial charge in [0.1, 0.15) is 11.9 Å². The van der Waals surface area contributed by atoms with Crippen molar-refractivity contribution in [2.75, 3.05) is 12.8 Å². The van der Waals surface area contributed by atoms with Crippen LogP contribution in [0.1, 0.15) is 17.4 Å². The Morgan fingerprint density at radius 3 is 2.88 bits per heavy atom. The highest BCUT2D eigenvalue weighted by molar-refractivity contribution is 5.53. The fourth-order valence-corrected chi connectivity index (χ4v) is 1.50. The van der Waals surface area contributed by atoms with Crippen LogP contribution in [-0.4, -0.2) is 22.4 Å². The first-order chi connectivity index (χ1) is 7.72. The zero-order valence-electron chi connectivity index (χ0n) is 8.84. The van der Waals surface area contributed by atoms with Gasteiger partial charge in [-0.2, -0.15) is 5.10 Å². The number of nitrogens with two attached hydrogens (primary N) is 1. The number of aliphatic hydroxyl groups is 1. The van der Waals surface area contributed by atoms with Crippen molar-refractivity contribution < 1.29 is 9.84 Å². The van der Waals surface area contributed by atoms with E-state index in [0.29, 0.717) is 22.7 Å². The van der Waals surface area contributed by atoms with Crippen molar-refractivity contribution >= 4 is 5.69 Å². The fraction of sp³-hybridized carbons (Fsp3) is 0.182. The topological polar surface area (TPSA) is 84.2 Å². The number of aromatic nitrogens is 2. The van der Waals surface area contributed by atoms with Crippen LogP contribution in [0.25, 0.3) is 0 Å². The fourth-order valence-electron chi connectivity index (χ4n) is 1.50. The molecule has 0 aliphatic rings. The average molecular weight is 219 g/mol. The van der Waals surface area contributed by atoms with Crippen LogP contribution in [0.2, 0.25) is 0 Å². The molecule has 4 N–H and O–H groups in total. The summed E-state index contributed by atoms with van der Waals surface area (Å²) in [6.07, 6.45) is 0.757. The summed E-state index contributed by atoms with van der Waals surface area (Å²) in [5.74, 6) is 0.655. The van der Waals surface area contributed by atoms with E-state index in [1.54, 1.807) is 37.6 Å². The van der Waals surface area contributed by atoms with Gasteiger partial charge in [-0.3, -0.25) is 5.10 Å².